The smallest absolute Gasteiger partial charge is 0.262 e. The van der Waals surface area contributed by atoms with Crippen LogP contribution in [0.1, 0.15) is 30.9 Å². The number of nitrogens with one attached hydrogen (secondary N) is 1. The molecule has 0 saturated heterocycles. The summed E-state index contributed by atoms with van der Waals surface area (Å²) in [5.74, 6) is 0.00281. The molecule has 1 aromatic carbocycles. The number of halogens is 4. The lowest BCUT2D eigenvalue weighted by molar-refractivity contribution is -0.137. The minimum atomic E-state index is -4.53. The Kier molecular flexibility index (Phi) is 5.43. The molecule has 0 aliphatic heterocycles. The SMILES string of the molecule is CC(C)c1cccc(S(=O)(=O)Nc2ncc(C(F)(F)F)cc2I)c1. The second-order valence-corrected chi connectivity index (χ2v) is 8.23. The predicted octanol–water partition coefficient (Wildman–Crippen LogP) is 4.63. The summed E-state index contributed by atoms with van der Waals surface area (Å²) in [4.78, 5) is 3.63. The standard InChI is InChI=1S/C15H14F3IN2O2S/c1-9(2)10-4-3-5-12(6-10)24(22,23)21-14-13(19)7-11(8-20-14)15(16,17)18/h3-9H,1-2H3,(H,20,21). The number of pyridine rings is 1. The van der Waals surface area contributed by atoms with Crippen molar-refractivity contribution in [3.05, 3.63) is 51.2 Å². The number of anilines is 1. The summed E-state index contributed by atoms with van der Waals surface area (Å²) in [6.07, 6.45) is -3.93. The van der Waals surface area contributed by atoms with Crippen molar-refractivity contribution in [2.75, 3.05) is 4.72 Å². The van der Waals surface area contributed by atoms with E-state index < -0.39 is 21.8 Å². The van der Waals surface area contributed by atoms with E-state index in [0.717, 1.165) is 11.6 Å². The van der Waals surface area contributed by atoms with Crippen LogP contribution in [0.2, 0.25) is 0 Å². The molecule has 0 unspecified atom stereocenters. The van der Waals surface area contributed by atoms with Crippen LogP contribution in [0.4, 0.5) is 19.0 Å². The van der Waals surface area contributed by atoms with Crippen molar-refractivity contribution in [2.45, 2.75) is 30.8 Å². The number of alkyl halides is 3. The zero-order valence-electron chi connectivity index (χ0n) is 12.7. The van der Waals surface area contributed by atoms with Crippen molar-refractivity contribution < 1.29 is 21.6 Å². The summed E-state index contributed by atoms with van der Waals surface area (Å²) in [7, 11) is -3.94. The molecule has 2 aromatic rings. The van der Waals surface area contributed by atoms with Crippen molar-refractivity contribution in [3.63, 3.8) is 0 Å². The molecule has 2 rings (SSSR count). The van der Waals surface area contributed by atoms with Gasteiger partial charge in [0.25, 0.3) is 10.0 Å². The zero-order valence-corrected chi connectivity index (χ0v) is 15.7. The summed E-state index contributed by atoms with van der Waals surface area (Å²) < 4.78 is 65.1. The van der Waals surface area contributed by atoms with Gasteiger partial charge in [-0.1, -0.05) is 26.0 Å². The Labute approximate surface area is 151 Å². The van der Waals surface area contributed by atoms with Gasteiger partial charge < -0.3 is 0 Å². The Bertz CT molecular complexity index is 852. The van der Waals surface area contributed by atoms with Crippen LogP contribution in [0.5, 0.6) is 0 Å². The van der Waals surface area contributed by atoms with E-state index in [9.17, 15) is 21.6 Å². The van der Waals surface area contributed by atoms with Gasteiger partial charge in [-0.2, -0.15) is 13.2 Å². The molecule has 0 atom stereocenters. The molecule has 4 nitrogen and oxygen atoms in total. The largest absolute Gasteiger partial charge is 0.417 e. The number of benzene rings is 1. The summed E-state index contributed by atoms with van der Waals surface area (Å²) >= 11 is 1.61. The van der Waals surface area contributed by atoms with E-state index in [1.165, 1.54) is 12.1 Å². The molecule has 0 aliphatic carbocycles. The molecule has 1 heterocycles. The van der Waals surface area contributed by atoms with E-state index in [2.05, 4.69) is 9.71 Å². The molecule has 1 aromatic heterocycles. The van der Waals surface area contributed by atoms with Gasteiger partial charge in [-0.05, 0) is 52.3 Å². The highest BCUT2D eigenvalue weighted by Gasteiger charge is 2.32. The number of nitrogens with zero attached hydrogens (tertiary/aromatic N) is 1. The molecule has 1 N–H and O–H groups in total. The molecular formula is C15H14F3IN2O2S. The van der Waals surface area contributed by atoms with Crippen molar-refractivity contribution in [1.29, 1.82) is 0 Å². The fourth-order valence-corrected chi connectivity index (χ4v) is 3.77. The van der Waals surface area contributed by atoms with E-state index in [0.29, 0.717) is 6.20 Å². The third-order valence-corrected chi connectivity index (χ3v) is 5.39. The normalized spacial score (nSPS) is 12.5. The molecule has 0 amide bonds. The zero-order chi connectivity index (χ0) is 18.1. The number of sulfonamides is 1. The molecule has 24 heavy (non-hydrogen) atoms. The first-order valence-electron chi connectivity index (χ1n) is 6.86. The van der Waals surface area contributed by atoms with Crippen LogP contribution in [0.25, 0.3) is 0 Å². The van der Waals surface area contributed by atoms with Gasteiger partial charge in [-0.15, -0.1) is 0 Å². The lowest BCUT2D eigenvalue weighted by Gasteiger charge is -2.13. The minimum Gasteiger partial charge on any atom is -0.262 e. The lowest BCUT2D eigenvalue weighted by Crippen LogP contribution is -2.16. The first-order chi connectivity index (χ1) is 11.0. The Balaban J connectivity index is 2.35. The van der Waals surface area contributed by atoms with E-state index in [4.69, 9.17) is 0 Å². The van der Waals surface area contributed by atoms with Crippen molar-refractivity contribution >= 4 is 38.4 Å². The second-order valence-electron chi connectivity index (χ2n) is 5.38. The van der Waals surface area contributed by atoms with Gasteiger partial charge in [0, 0.05) is 6.20 Å². The number of aromatic nitrogens is 1. The number of hydrogen-bond acceptors (Lipinski definition) is 3. The summed E-state index contributed by atoms with van der Waals surface area (Å²) in [6, 6.07) is 7.23. The molecule has 9 heteroatoms. The first kappa shape index (κ1) is 19.0. The van der Waals surface area contributed by atoms with E-state index in [1.54, 1.807) is 28.7 Å². The topological polar surface area (TPSA) is 59.1 Å². The molecule has 0 saturated carbocycles. The molecule has 0 bridgehead atoms. The van der Waals surface area contributed by atoms with Crippen LogP contribution in [-0.2, 0) is 16.2 Å². The third-order valence-electron chi connectivity index (χ3n) is 3.23. The van der Waals surface area contributed by atoms with Crippen LogP contribution in [0, 0.1) is 3.57 Å². The molecule has 130 valence electrons. The Hall–Kier alpha value is -1.36. The van der Waals surface area contributed by atoms with Crippen molar-refractivity contribution in [2.24, 2.45) is 0 Å². The molecular weight excluding hydrogens is 456 g/mol. The number of hydrogen-bond donors (Lipinski definition) is 1. The fraction of sp³-hybridized carbons (Fsp3) is 0.267. The maximum atomic E-state index is 12.6. The van der Waals surface area contributed by atoms with Crippen LogP contribution < -0.4 is 4.72 Å². The molecule has 0 radical (unpaired) electrons. The lowest BCUT2D eigenvalue weighted by atomic mass is 10.0. The first-order valence-corrected chi connectivity index (χ1v) is 9.42. The van der Waals surface area contributed by atoms with Gasteiger partial charge in [0.2, 0.25) is 0 Å². The van der Waals surface area contributed by atoms with E-state index >= 15 is 0 Å². The highest BCUT2D eigenvalue weighted by molar-refractivity contribution is 14.1. The van der Waals surface area contributed by atoms with Gasteiger partial charge in [0.1, 0.15) is 0 Å². The van der Waals surface area contributed by atoms with Crippen LogP contribution in [-0.4, -0.2) is 13.4 Å². The van der Waals surface area contributed by atoms with Gasteiger partial charge in [0.15, 0.2) is 5.82 Å². The van der Waals surface area contributed by atoms with Crippen LogP contribution in [0.15, 0.2) is 41.4 Å². The van der Waals surface area contributed by atoms with Crippen LogP contribution in [0.3, 0.4) is 0 Å². The average Bonchev–Trinajstić information content (AvgIpc) is 2.48. The highest BCUT2D eigenvalue weighted by Crippen LogP contribution is 2.31. The third kappa shape index (κ3) is 4.38. The summed E-state index contributed by atoms with van der Waals surface area (Å²) in [6.45, 7) is 3.86. The van der Waals surface area contributed by atoms with Crippen LogP contribution >= 0.6 is 22.6 Å². The summed E-state index contributed by atoms with van der Waals surface area (Å²) in [5, 5.41) is 0. The predicted molar refractivity (Wildman–Crippen MR) is 93.3 cm³/mol. The van der Waals surface area contributed by atoms with E-state index in [-0.39, 0.29) is 20.2 Å². The van der Waals surface area contributed by atoms with Gasteiger partial charge in [-0.3, -0.25) is 4.72 Å². The summed E-state index contributed by atoms with van der Waals surface area (Å²) in [5.41, 5.74) is -0.0930. The maximum absolute atomic E-state index is 12.6. The Morgan fingerprint density at radius 2 is 1.88 bits per heavy atom. The maximum Gasteiger partial charge on any atom is 0.417 e. The van der Waals surface area contributed by atoms with E-state index in [1.807, 2.05) is 19.9 Å². The molecule has 0 fully saturated rings. The number of rotatable bonds is 4. The Morgan fingerprint density at radius 1 is 1.21 bits per heavy atom. The van der Waals surface area contributed by atoms with Crippen molar-refractivity contribution in [3.8, 4) is 0 Å². The average molecular weight is 470 g/mol. The Morgan fingerprint density at radius 3 is 2.42 bits per heavy atom. The molecule has 0 aliphatic rings. The van der Waals surface area contributed by atoms with Gasteiger partial charge in [-0.25, -0.2) is 13.4 Å². The molecule has 0 spiro atoms. The van der Waals surface area contributed by atoms with Gasteiger partial charge >= 0.3 is 6.18 Å². The van der Waals surface area contributed by atoms with Gasteiger partial charge in [0.05, 0.1) is 14.0 Å². The monoisotopic (exact) mass is 470 g/mol. The highest BCUT2D eigenvalue weighted by atomic mass is 127. The van der Waals surface area contributed by atoms with Crippen molar-refractivity contribution in [1.82, 2.24) is 4.98 Å². The second kappa shape index (κ2) is 6.87. The minimum absolute atomic E-state index is 0.0335. The fourth-order valence-electron chi connectivity index (χ4n) is 1.90. The quantitative estimate of drug-likeness (QED) is 0.664.